The van der Waals surface area contributed by atoms with Crippen molar-refractivity contribution in [3.05, 3.63) is 41.7 Å². The number of rotatable bonds is 6. The van der Waals surface area contributed by atoms with Crippen LogP contribution < -0.4 is 15.5 Å². The van der Waals surface area contributed by atoms with Gasteiger partial charge in [0.15, 0.2) is 0 Å². The smallest absolute Gasteiger partial charge is 0.239 e. The van der Waals surface area contributed by atoms with Gasteiger partial charge in [-0.05, 0) is 64.8 Å². The van der Waals surface area contributed by atoms with Crippen molar-refractivity contribution in [3.63, 3.8) is 0 Å². The van der Waals surface area contributed by atoms with Gasteiger partial charge in [-0.15, -0.1) is 0 Å². The number of imidazole rings is 1. The van der Waals surface area contributed by atoms with E-state index in [1.807, 2.05) is 29.8 Å². The first-order valence-electron chi connectivity index (χ1n) is 33.7. The average molecular weight is 596 g/mol. The molecule has 2 N–H and O–H groups in total. The quantitative estimate of drug-likeness (QED) is 0.229. The number of nitrogens with zero attached hydrogens (tertiary/aromatic N) is 7. The van der Waals surface area contributed by atoms with Crippen molar-refractivity contribution < 1.29 is 64.1 Å². The molecule has 0 spiro atoms. The number of hydrogen-bond donors (Lipinski definition) is 2. The second-order valence-electron chi connectivity index (χ2n) is 10.5. The molecule has 2 aliphatic heterocycles. The van der Waals surface area contributed by atoms with Gasteiger partial charge < -0.3 is 20.3 Å². The van der Waals surface area contributed by atoms with E-state index in [2.05, 4.69) is 53.1 Å². The SMILES string of the molecule is CNc1nc2ccccc2n1-c1nc(-c2c(C)nn(CC3CCCNC3)c2C)cc(N2CCOC[C@H]2C)n1.[2H][2H].[2H][2H].[2H][2H].[2H][2H].[2H][2H].[2H][2H].[2H][2H].[2H][2H].[2H][2H].[2H][2H].[2H][2H].[2H][2H].[2H][2H].[2H][2H].[2H][2H].[2H][2H].[2H][2H].[2H][2H].[2H][2H].[2H][2H]. The zero-order chi connectivity index (χ0) is 66.2. The highest BCUT2D eigenvalue weighted by Crippen LogP contribution is 2.32. The third-order valence-electron chi connectivity index (χ3n) is 7.81. The normalized spacial score (nSPS) is 24.5. The molecular weight excluding hydrogens is 478 g/mol. The highest BCUT2D eigenvalue weighted by atomic mass is 16.5. The number of ether oxygens (including phenoxy) is 1. The Labute approximate surface area is 285 Å². The molecule has 1 aromatic carbocycles. The molecule has 10 nitrogen and oxygen atoms in total. The predicted octanol–water partition coefficient (Wildman–Crippen LogP) is 8.48. The fourth-order valence-electron chi connectivity index (χ4n) is 5.83. The highest BCUT2D eigenvalue weighted by Gasteiger charge is 2.26. The van der Waals surface area contributed by atoms with Gasteiger partial charge in [-0.1, -0.05) is 12.1 Å². The molecule has 240 valence electrons. The molecule has 38 heavy (non-hydrogen) atoms. The Morgan fingerprint density at radius 3 is 2.87 bits per heavy atom. The summed E-state index contributed by atoms with van der Waals surface area (Å²) in [5, 5.41) is 11.7. The van der Waals surface area contributed by atoms with Crippen molar-refractivity contribution in [2.24, 2.45) is 5.92 Å². The summed E-state index contributed by atoms with van der Waals surface area (Å²) in [6.07, 6.45) is 2.46. The molecule has 5 heterocycles. The standard InChI is InChI=1S/C28H37N9O.20H2/c1-18-17-38-13-12-35(18)25-14-23(26-19(2)34-36(20(26)3)16-21-8-7-11-30-15-21)32-28(33-25)37-24-10-6-5-9-22(24)31-27(37)29-4;;;;;;;;;;;;;;;;;;;;/h5-6,9-10,14,18,21,30H,7-8,11-13,15-17H2,1-4H3,(H,29,31);20*1H/t18-,21?;;;;;;;;;;;;;;;;;;;;/m1..................../s1/i;20*1+1D. The second kappa shape index (κ2) is 10.3. The number of benzene rings is 1. The Hall–Kier alpha value is -3.50. The summed E-state index contributed by atoms with van der Waals surface area (Å²) in [4.78, 5) is 17.4. The van der Waals surface area contributed by atoms with Gasteiger partial charge in [0.2, 0.25) is 11.9 Å². The lowest BCUT2D eigenvalue weighted by atomic mass is 10.00. The van der Waals surface area contributed by atoms with Crippen molar-refractivity contribution in [1.82, 2.24) is 34.6 Å². The molecule has 0 saturated carbocycles. The van der Waals surface area contributed by atoms with Gasteiger partial charge in [-0.2, -0.15) is 10.1 Å². The number of hydrogen-bond acceptors (Lipinski definition) is 8. The number of nitrogens with one attached hydrogen (secondary N) is 2. The largest absolute Gasteiger partial charge is 0.377 e. The number of aryl methyl sites for hydroxylation is 1. The summed E-state index contributed by atoms with van der Waals surface area (Å²) >= 11 is 0. The maximum absolute atomic E-state index is 5.73. The summed E-state index contributed by atoms with van der Waals surface area (Å²) in [6, 6.07) is 10.4. The Morgan fingerprint density at radius 1 is 1.21 bits per heavy atom. The van der Waals surface area contributed by atoms with Gasteiger partial charge >= 0.3 is 0 Å². The molecule has 1 unspecified atom stereocenters. The van der Waals surface area contributed by atoms with Crippen LogP contribution in [0.4, 0.5) is 11.8 Å². The first kappa shape index (κ1) is 10.9. The third kappa shape index (κ3) is 4.52. The fraction of sp³-hybridized carbons (Fsp3) is 0.500. The molecule has 10 heteroatoms. The summed E-state index contributed by atoms with van der Waals surface area (Å²) in [5.74, 6) is 2.79. The lowest BCUT2D eigenvalue weighted by molar-refractivity contribution is 0.0985. The van der Waals surface area contributed by atoms with Crippen LogP contribution in [0.2, 0.25) is 0 Å². The fourth-order valence-corrected chi connectivity index (χ4v) is 5.83. The minimum Gasteiger partial charge on any atom is -0.377 e. The van der Waals surface area contributed by atoms with Crippen LogP contribution in [0.5, 0.6) is 0 Å². The summed E-state index contributed by atoms with van der Waals surface area (Å²) < 4.78 is 210. The monoisotopic (exact) mass is 596 g/mol. The van der Waals surface area contributed by atoms with Crippen molar-refractivity contribution in [1.29, 1.82) is 0 Å². The van der Waals surface area contributed by atoms with Crippen molar-refractivity contribution >= 4 is 22.8 Å². The number of anilines is 2. The van der Waals surface area contributed by atoms with Crippen LogP contribution in [0.25, 0.3) is 28.2 Å². The molecule has 2 fully saturated rings. The Bertz CT molecular complexity index is 1510. The van der Waals surface area contributed by atoms with Gasteiger partial charge in [0, 0.05) is 96.9 Å². The summed E-state index contributed by atoms with van der Waals surface area (Å²) in [5.41, 5.74) is 5.95. The Kier molecular flexibility index (Phi) is 2.98. The molecule has 4 aromatic rings. The molecular formula is C28H77N9O. The number of para-hydroxylation sites is 2. The van der Waals surface area contributed by atoms with Crippen LogP contribution >= 0.6 is 0 Å². The van der Waals surface area contributed by atoms with E-state index in [1.54, 1.807) is 0 Å². The van der Waals surface area contributed by atoms with Gasteiger partial charge in [-0.3, -0.25) is 4.68 Å². The van der Waals surface area contributed by atoms with E-state index in [0.717, 1.165) is 65.7 Å². The van der Waals surface area contributed by atoms with E-state index in [0.29, 0.717) is 31.0 Å². The second-order valence-corrected chi connectivity index (χ2v) is 10.5. The highest BCUT2D eigenvalue weighted by molar-refractivity contribution is 5.81. The van der Waals surface area contributed by atoms with Crippen LogP contribution in [0.3, 0.4) is 0 Å². The first-order chi connectivity index (χ1) is 38.5. The summed E-state index contributed by atoms with van der Waals surface area (Å²) in [6.45, 7) is 11.6. The molecule has 2 aliphatic rings. The molecule has 0 radical (unpaired) electrons. The molecule has 2 saturated heterocycles. The zero-order valence-corrected chi connectivity index (χ0v) is 22.7. The van der Waals surface area contributed by atoms with E-state index in [-0.39, 0.29) is 6.04 Å². The van der Waals surface area contributed by atoms with E-state index in [4.69, 9.17) is 84.2 Å². The molecule has 0 bridgehead atoms. The lowest BCUT2D eigenvalue weighted by Gasteiger charge is -2.34. The Morgan fingerprint density at radius 2 is 2.08 bits per heavy atom. The van der Waals surface area contributed by atoms with Crippen molar-refractivity contribution in [3.8, 4) is 17.2 Å². The topological polar surface area (TPSA) is 98.0 Å². The maximum Gasteiger partial charge on any atom is 0.239 e. The number of piperidine rings is 1. The molecule has 0 aliphatic carbocycles. The zero-order valence-electron chi connectivity index (χ0n) is 62.7. The van der Waals surface area contributed by atoms with Gasteiger partial charge in [0.1, 0.15) is 5.82 Å². The first-order valence-corrected chi connectivity index (χ1v) is 13.7. The third-order valence-corrected chi connectivity index (χ3v) is 7.81. The number of aromatic nitrogens is 6. The van der Waals surface area contributed by atoms with Crippen LogP contribution in [-0.2, 0) is 11.3 Å². The van der Waals surface area contributed by atoms with Crippen molar-refractivity contribution in [2.75, 3.05) is 50.1 Å². The predicted molar refractivity (Wildman–Crippen MR) is 192 cm³/mol. The van der Waals surface area contributed by atoms with E-state index >= 15 is 0 Å². The molecule has 2 atom stereocenters. The summed E-state index contributed by atoms with van der Waals surface area (Å²) in [7, 11) is 1.88. The maximum atomic E-state index is 5.73. The van der Waals surface area contributed by atoms with E-state index < -0.39 is 0 Å². The molecule has 0 amide bonds. The average Bonchev–Trinajstić information content (AvgIpc) is 4.11. The molecule has 6 rings (SSSR count). The van der Waals surface area contributed by atoms with E-state index in [9.17, 15) is 0 Å². The van der Waals surface area contributed by atoms with E-state index in [1.165, 1.54) is 12.8 Å². The number of morpholine rings is 1. The minimum atomic E-state index is 0.214. The van der Waals surface area contributed by atoms with Crippen LogP contribution in [0.15, 0.2) is 30.3 Å². The lowest BCUT2D eigenvalue weighted by Crippen LogP contribution is -2.44. The van der Waals surface area contributed by atoms with Gasteiger partial charge in [0.25, 0.3) is 0 Å². The van der Waals surface area contributed by atoms with Crippen LogP contribution in [-0.4, -0.2) is 75.2 Å². The van der Waals surface area contributed by atoms with Crippen LogP contribution in [0, 0.1) is 19.8 Å². The van der Waals surface area contributed by atoms with Crippen molar-refractivity contribution in [2.45, 2.75) is 46.2 Å². The number of fused-ring (bicyclic) bond motifs is 1. The molecule has 3 aromatic heterocycles. The Balaban J connectivity index is -0.0000000648. The van der Waals surface area contributed by atoms with Gasteiger partial charge in [0.05, 0.1) is 41.7 Å². The van der Waals surface area contributed by atoms with Gasteiger partial charge in [-0.25, -0.2) is 14.5 Å². The minimum absolute atomic E-state index is 0.214. The van der Waals surface area contributed by atoms with Crippen LogP contribution in [0.1, 0.15) is 90.5 Å².